The van der Waals surface area contributed by atoms with Gasteiger partial charge in [0.15, 0.2) is 5.71 Å². The molecule has 9 heteroatoms. The molecule has 0 bridgehead atoms. The molecular formula is C23H28N4O5. The predicted molar refractivity (Wildman–Crippen MR) is 121 cm³/mol. The van der Waals surface area contributed by atoms with E-state index in [-0.39, 0.29) is 24.1 Å². The molecule has 9 nitrogen and oxygen atoms in total. The van der Waals surface area contributed by atoms with Crippen molar-refractivity contribution >= 4 is 23.4 Å². The van der Waals surface area contributed by atoms with Crippen LogP contribution in [0, 0.1) is 0 Å². The van der Waals surface area contributed by atoms with Crippen LogP contribution in [0.4, 0.5) is 0 Å². The Morgan fingerprint density at radius 3 is 2.25 bits per heavy atom. The number of likely N-dealkylation sites (N-methyl/N-ethyl adjacent to an activating group) is 2. The molecule has 0 aliphatic carbocycles. The van der Waals surface area contributed by atoms with Gasteiger partial charge in [-0.25, -0.2) is 0 Å². The topological polar surface area (TPSA) is 111 Å². The third kappa shape index (κ3) is 5.84. The van der Waals surface area contributed by atoms with Crippen LogP contribution in [0.2, 0.25) is 0 Å². The van der Waals surface area contributed by atoms with Crippen molar-refractivity contribution < 1.29 is 24.0 Å². The van der Waals surface area contributed by atoms with Crippen LogP contribution in [0.25, 0.3) is 0 Å². The van der Waals surface area contributed by atoms with Crippen LogP contribution in [-0.2, 0) is 36.2 Å². The minimum Gasteiger partial charge on any atom is -0.474 e. The molecule has 0 fully saturated rings. The van der Waals surface area contributed by atoms with E-state index in [0.717, 1.165) is 0 Å². The standard InChI is InChI=1S/C23H28N4O5/c1-16(26-32-23(2,22(29)25-4)18-12-7-6-8-13-18)31-15-17-11-9-10-14-19(17)20(27-30-5)21(28)24-3/h6-14H,15H2,1-5H3,(H,24,28)(H,25,29)/b26-16+,27-20+. The normalized spacial score (nSPS) is 13.5. The second-order valence-corrected chi connectivity index (χ2v) is 6.83. The van der Waals surface area contributed by atoms with Gasteiger partial charge in [-0.1, -0.05) is 64.9 Å². The average molecular weight is 441 g/mol. The highest BCUT2D eigenvalue weighted by Crippen LogP contribution is 2.26. The first-order valence-electron chi connectivity index (χ1n) is 9.92. The van der Waals surface area contributed by atoms with Crippen LogP contribution < -0.4 is 10.6 Å². The zero-order valence-corrected chi connectivity index (χ0v) is 18.8. The predicted octanol–water partition coefficient (Wildman–Crippen LogP) is 2.31. The zero-order valence-electron chi connectivity index (χ0n) is 18.8. The van der Waals surface area contributed by atoms with Gasteiger partial charge in [0, 0.05) is 32.1 Å². The Morgan fingerprint density at radius 1 is 0.969 bits per heavy atom. The van der Waals surface area contributed by atoms with Crippen LogP contribution in [0.3, 0.4) is 0 Å². The maximum absolute atomic E-state index is 12.5. The van der Waals surface area contributed by atoms with Crippen molar-refractivity contribution in [2.75, 3.05) is 21.2 Å². The highest BCUT2D eigenvalue weighted by Gasteiger charge is 2.37. The number of hydrogen-bond acceptors (Lipinski definition) is 7. The van der Waals surface area contributed by atoms with Crippen molar-refractivity contribution in [1.82, 2.24) is 10.6 Å². The van der Waals surface area contributed by atoms with Crippen LogP contribution >= 0.6 is 0 Å². The van der Waals surface area contributed by atoms with E-state index in [4.69, 9.17) is 14.4 Å². The Kier molecular flexibility index (Phi) is 8.76. The number of rotatable bonds is 9. The number of amides is 2. The largest absolute Gasteiger partial charge is 0.474 e. The van der Waals surface area contributed by atoms with Gasteiger partial charge in [0.05, 0.1) is 0 Å². The summed E-state index contributed by atoms with van der Waals surface area (Å²) in [5.74, 6) is -0.537. The summed E-state index contributed by atoms with van der Waals surface area (Å²) in [7, 11) is 4.41. The van der Waals surface area contributed by atoms with Crippen LogP contribution in [0.1, 0.15) is 30.5 Å². The molecule has 1 unspecified atom stereocenters. The third-order valence-corrected chi connectivity index (χ3v) is 4.68. The molecule has 32 heavy (non-hydrogen) atoms. The SMILES string of the molecule is CNC(=O)/C(=N/OC)c1ccccc1CO/C(C)=N/OC(C)(C(=O)NC)c1ccccc1. The van der Waals surface area contributed by atoms with E-state index >= 15 is 0 Å². The van der Waals surface area contributed by atoms with Crippen molar-refractivity contribution in [3.8, 4) is 0 Å². The average Bonchev–Trinajstić information content (AvgIpc) is 2.84. The highest BCUT2D eigenvalue weighted by atomic mass is 16.7. The van der Waals surface area contributed by atoms with Gasteiger partial charge >= 0.3 is 0 Å². The summed E-state index contributed by atoms with van der Waals surface area (Å²) in [5.41, 5.74) is 0.680. The lowest BCUT2D eigenvalue weighted by Gasteiger charge is -2.25. The molecule has 0 aliphatic rings. The number of benzene rings is 2. The van der Waals surface area contributed by atoms with E-state index in [0.29, 0.717) is 16.7 Å². The Morgan fingerprint density at radius 2 is 1.62 bits per heavy atom. The summed E-state index contributed by atoms with van der Waals surface area (Å²) in [4.78, 5) is 35.1. The van der Waals surface area contributed by atoms with Crippen molar-refractivity contribution in [2.24, 2.45) is 10.3 Å². The maximum atomic E-state index is 12.5. The first kappa shape index (κ1) is 24.4. The van der Waals surface area contributed by atoms with Gasteiger partial charge in [-0.05, 0) is 12.5 Å². The number of hydrogen-bond donors (Lipinski definition) is 2. The van der Waals surface area contributed by atoms with Crippen molar-refractivity contribution in [2.45, 2.75) is 26.1 Å². The summed E-state index contributed by atoms with van der Waals surface area (Å²) >= 11 is 0. The van der Waals surface area contributed by atoms with E-state index in [1.54, 1.807) is 44.2 Å². The highest BCUT2D eigenvalue weighted by molar-refractivity contribution is 6.45. The Hall–Kier alpha value is -3.88. The molecule has 1 atom stereocenters. The fourth-order valence-corrected chi connectivity index (χ4v) is 2.88. The van der Waals surface area contributed by atoms with Crippen molar-refractivity contribution in [3.05, 3.63) is 71.3 Å². The molecule has 0 heterocycles. The van der Waals surface area contributed by atoms with Gasteiger partial charge in [-0.2, -0.15) is 0 Å². The number of oxime groups is 2. The Balaban J connectivity index is 2.20. The number of nitrogens with one attached hydrogen (secondary N) is 2. The summed E-state index contributed by atoms with van der Waals surface area (Å²) in [6.07, 6.45) is 0. The maximum Gasteiger partial charge on any atom is 0.273 e. The number of ether oxygens (including phenoxy) is 1. The molecule has 0 spiro atoms. The lowest BCUT2D eigenvalue weighted by molar-refractivity contribution is -0.146. The van der Waals surface area contributed by atoms with E-state index in [9.17, 15) is 9.59 Å². The first-order valence-corrected chi connectivity index (χ1v) is 9.92. The molecule has 2 amide bonds. The molecule has 2 rings (SSSR count). The van der Waals surface area contributed by atoms with Gasteiger partial charge in [0.2, 0.25) is 11.5 Å². The van der Waals surface area contributed by atoms with Gasteiger partial charge in [0.25, 0.3) is 11.8 Å². The molecule has 0 saturated carbocycles. The summed E-state index contributed by atoms with van der Waals surface area (Å²) in [6.45, 7) is 3.33. The number of carbonyl (C=O) groups excluding carboxylic acids is 2. The molecule has 170 valence electrons. The van der Waals surface area contributed by atoms with E-state index in [1.807, 2.05) is 24.3 Å². The zero-order chi connectivity index (χ0) is 23.6. The molecule has 2 N–H and O–H groups in total. The monoisotopic (exact) mass is 440 g/mol. The number of nitrogens with zero attached hydrogens (tertiary/aromatic N) is 2. The van der Waals surface area contributed by atoms with Crippen LogP contribution in [-0.4, -0.2) is 44.6 Å². The second-order valence-electron chi connectivity index (χ2n) is 6.83. The molecule has 2 aromatic carbocycles. The minimum absolute atomic E-state index is 0.0939. The molecule has 0 aromatic heterocycles. The van der Waals surface area contributed by atoms with Gasteiger partial charge in [-0.15, -0.1) is 0 Å². The van der Waals surface area contributed by atoms with E-state index in [1.165, 1.54) is 21.2 Å². The Labute approximate surface area is 187 Å². The lowest BCUT2D eigenvalue weighted by Crippen LogP contribution is -2.42. The van der Waals surface area contributed by atoms with E-state index < -0.39 is 11.5 Å². The second kappa shape index (κ2) is 11.5. The summed E-state index contributed by atoms with van der Waals surface area (Å²) in [5, 5.41) is 13.0. The first-order chi connectivity index (χ1) is 15.4. The number of carbonyl (C=O) groups is 2. The fourth-order valence-electron chi connectivity index (χ4n) is 2.88. The van der Waals surface area contributed by atoms with Gasteiger partial charge in [0.1, 0.15) is 13.7 Å². The Bertz CT molecular complexity index is 991. The summed E-state index contributed by atoms with van der Waals surface area (Å²) < 4.78 is 5.72. The molecule has 0 aliphatic heterocycles. The van der Waals surface area contributed by atoms with Gasteiger partial charge < -0.3 is 25.0 Å². The quantitative estimate of drug-likeness (QED) is 0.353. The molecule has 2 aromatic rings. The lowest BCUT2D eigenvalue weighted by atomic mass is 9.95. The molecular weight excluding hydrogens is 412 g/mol. The molecule has 0 saturated heterocycles. The minimum atomic E-state index is -1.34. The third-order valence-electron chi connectivity index (χ3n) is 4.68. The smallest absolute Gasteiger partial charge is 0.273 e. The van der Waals surface area contributed by atoms with Crippen LogP contribution in [0.5, 0.6) is 0 Å². The molecule has 0 radical (unpaired) electrons. The summed E-state index contributed by atoms with van der Waals surface area (Å²) in [6, 6.07) is 16.2. The van der Waals surface area contributed by atoms with Crippen molar-refractivity contribution in [1.29, 1.82) is 0 Å². The van der Waals surface area contributed by atoms with Crippen molar-refractivity contribution in [3.63, 3.8) is 0 Å². The van der Waals surface area contributed by atoms with E-state index in [2.05, 4.69) is 20.9 Å². The van der Waals surface area contributed by atoms with Crippen LogP contribution in [0.15, 0.2) is 64.9 Å². The fraction of sp³-hybridized carbons (Fsp3) is 0.304. The van der Waals surface area contributed by atoms with Gasteiger partial charge in [-0.3, -0.25) is 9.59 Å².